The first-order valence-electron chi connectivity index (χ1n) is 20.8. The van der Waals surface area contributed by atoms with Crippen LogP contribution < -0.4 is 0 Å². The lowest BCUT2D eigenvalue weighted by molar-refractivity contribution is -0.167. The van der Waals surface area contributed by atoms with Crippen LogP contribution in [0, 0.1) is 0 Å². The second-order valence-electron chi connectivity index (χ2n) is 13.5. The first kappa shape index (κ1) is 48.1. The van der Waals surface area contributed by atoms with Crippen LogP contribution in [0.25, 0.3) is 0 Å². The number of carbonyl (C=O) groups is 3. The van der Waals surface area contributed by atoms with Crippen molar-refractivity contribution in [2.75, 3.05) is 13.2 Å². The second-order valence-corrected chi connectivity index (χ2v) is 13.5. The molecule has 0 fully saturated rings. The number of esters is 3. The predicted octanol–water partition coefficient (Wildman–Crippen LogP) is 13.0. The summed E-state index contributed by atoms with van der Waals surface area (Å²) in [5.74, 6) is -0.940. The summed E-state index contributed by atoms with van der Waals surface area (Å²) in [7, 11) is 0. The minimum absolute atomic E-state index is 0.0894. The van der Waals surface area contributed by atoms with Gasteiger partial charge in [0.1, 0.15) is 13.2 Å². The van der Waals surface area contributed by atoms with Gasteiger partial charge in [-0.2, -0.15) is 0 Å². The maximum Gasteiger partial charge on any atom is 0.306 e. The third-order valence-electron chi connectivity index (χ3n) is 8.50. The number of hydrogen-bond acceptors (Lipinski definition) is 6. The van der Waals surface area contributed by atoms with Gasteiger partial charge in [-0.1, -0.05) is 139 Å². The van der Waals surface area contributed by atoms with Crippen LogP contribution in [0.4, 0.5) is 0 Å². The average Bonchev–Trinajstić information content (AvgIpc) is 3.12. The van der Waals surface area contributed by atoms with E-state index in [4.69, 9.17) is 14.2 Å². The maximum absolute atomic E-state index is 12.6. The van der Waals surface area contributed by atoms with Crippen LogP contribution in [-0.2, 0) is 28.6 Å². The Hall–Kier alpha value is -2.89. The SMILES string of the molecule is CCC=CCC=CCC=CCCCCCCCC(=O)OCC(COC(=O)CCCCCCCC=CCC)OC(=O)CCCCCCCC=CCC. The quantitative estimate of drug-likeness (QED) is 0.0278. The highest BCUT2D eigenvalue weighted by atomic mass is 16.6. The zero-order chi connectivity index (χ0) is 37.3. The van der Waals surface area contributed by atoms with Gasteiger partial charge in [0.15, 0.2) is 6.10 Å². The molecule has 0 aliphatic heterocycles. The van der Waals surface area contributed by atoms with Gasteiger partial charge in [0.05, 0.1) is 0 Å². The number of ether oxygens (including phenoxy) is 3. The Balaban J connectivity index is 4.38. The monoisotopic (exact) mass is 713 g/mol. The summed E-state index contributed by atoms with van der Waals surface area (Å²) in [6, 6.07) is 0. The summed E-state index contributed by atoms with van der Waals surface area (Å²) in [5, 5.41) is 0. The molecule has 0 rings (SSSR count). The molecule has 1 unspecified atom stereocenters. The number of unbranched alkanes of at least 4 members (excludes halogenated alkanes) is 15. The normalized spacial score (nSPS) is 12.6. The van der Waals surface area contributed by atoms with Crippen molar-refractivity contribution in [1.82, 2.24) is 0 Å². The fourth-order valence-electron chi connectivity index (χ4n) is 5.46. The van der Waals surface area contributed by atoms with Crippen molar-refractivity contribution < 1.29 is 28.6 Å². The number of hydrogen-bond donors (Lipinski definition) is 0. The van der Waals surface area contributed by atoms with E-state index in [-0.39, 0.29) is 31.1 Å². The Morgan fingerprint density at radius 3 is 1.14 bits per heavy atom. The maximum atomic E-state index is 12.6. The summed E-state index contributed by atoms with van der Waals surface area (Å²) < 4.78 is 16.6. The Morgan fingerprint density at radius 2 is 0.706 bits per heavy atom. The molecule has 0 spiro atoms. The Morgan fingerprint density at radius 1 is 0.392 bits per heavy atom. The Kier molecular flexibility index (Phi) is 37.6. The molecular weight excluding hydrogens is 636 g/mol. The zero-order valence-corrected chi connectivity index (χ0v) is 33.1. The van der Waals surface area contributed by atoms with Crippen LogP contribution in [0.15, 0.2) is 60.8 Å². The molecule has 292 valence electrons. The molecule has 51 heavy (non-hydrogen) atoms. The summed E-state index contributed by atoms with van der Waals surface area (Å²) in [6.45, 7) is 6.25. The molecule has 0 aromatic rings. The van der Waals surface area contributed by atoms with Crippen LogP contribution in [0.3, 0.4) is 0 Å². The molecule has 0 N–H and O–H groups in total. The fourth-order valence-corrected chi connectivity index (χ4v) is 5.46. The lowest BCUT2D eigenvalue weighted by Gasteiger charge is -2.18. The van der Waals surface area contributed by atoms with E-state index >= 15 is 0 Å². The van der Waals surface area contributed by atoms with Crippen molar-refractivity contribution in [3.05, 3.63) is 60.8 Å². The van der Waals surface area contributed by atoms with Gasteiger partial charge in [-0.25, -0.2) is 0 Å². The van der Waals surface area contributed by atoms with Crippen LogP contribution >= 0.6 is 0 Å². The minimum atomic E-state index is -0.784. The Labute approximate surface area is 313 Å². The highest BCUT2D eigenvalue weighted by molar-refractivity contribution is 5.71. The fraction of sp³-hybridized carbons (Fsp3) is 0.711. The molecule has 0 saturated carbocycles. The average molecular weight is 713 g/mol. The highest BCUT2D eigenvalue weighted by Crippen LogP contribution is 2.12. The molecule has 0 heterocycles. The second kappa shape index (κ2) is 39.9. The largest absolute Gasteiger partial charge is 0.462 e. The van der Waals surface area contributed by atoms with Crippen LogP contribution in [0.5, 0.6) is 0 Å². The predicted molar refractivity (Wildman–Crippen MR) is 215 cm³/mol. The third-order valence-corrected chi connectivity index (χ3v) is 8.50. The van der Waals surface area contributed by atoms with E-state index in [1.165, 1.54) is 12.8 Å². The molecule has 0 amide bonds. The van der Waals surface area contributed by atoms with Gasteiger partial charge in [-0.15, -0.1) is 0 Å². The van der Waals surface area contributed by atoms with Crippen LogP contribution in [0.2, 0.25) is 0 Å². The summed E-state index contributed by atoms with van der Waals surface area (Å²) in [5.41, 5.74) is 0. The number of rotatable bonds is 36. The first-order chi connectivity index (χ1) is 25.0. The molecule has 0 aliphatic carbocycles. The van der Waals surface area contributed by atoms with Gasteiger partial charge in [0.25, 0.3) is 0 Å². The van der Waals surface area contributed by atoms with Crippen molar-refractivity contribution in [2.24, 2.45) is 0 Å². The first-order valence-corrected chi connectivity index (χ1v) is 20.8. The van der Waals surface area contributed by atoms with Crippen molar-refractivity contribution in [2.45, 2.75) is 194 Å². The molecule has 0 saturated heterocycles. The van der Waals surface area contributed by atoms with Crippen LogP contribution in [-0.4, -0.2) is 37.2 Å². The van der Waals surface area contributed by atoms with Crippen molar-refractivity contribution >= 4 is 17.9 Å². The molecule has 0 aromatic carbocycles. The molecule has 0 radical (unpaired) electrons. The minimum Gasteiger partial charge on any atom is -0.462 e. The number of carbonyl (C=O) groups excluding carboxylic acids is 3. The van der Waals surface area contributed by atoms with E-state index < -0.39 is 6.10 Å². The topological polar surface area (TPSA) is 78.9 Å². The molecule has 0 aliphatic rings. The molecular formula is C45H76O6. The molecule has 6 nitrogen and oxygen atoms in total. The summed E-state index contributed by atoms with van der Waals surface area (Å²) >= 11 is 0. The number of allylic oxidation sites excluding steroid dienone is 10. The van der Waals surface area contributed by atoms with E-state index in [2.05, 4.69) is 81.5 Å². The van der Waals surface area contributed by atoms with Crippen molar-refractivity contribution in [3.63, 3.8) is 0 Å². The summed E-state index contributed by atoms with van der Waals surface area (Å²) in [6.07, 6.45) is 46.5. The lowest BCUT2D eigenvalue weighted by Crippen LogP contribution is -2.30. The smallest absolute Gasteiger partial charge is 0.306 e. The van der Waals surface area contributed by atoms with Crippen molar-refractivity contribution in [1.29, 1.82) is 0 Å². The van der Waals surface area contributed by atoms with Gasteiger partial charge in [0.2, 0.25) is 0 Å². The third kappa shape index (κ3) is 38.2. The van der Waals surface area contributed by atoms with Gasteiger partial charge in [-0.05, 0) is 89.9 Å². The molecule has 1 atom stereocenters. The van der Waals surface area contributed by atoms with E-state index in [9.17, 15) is 14.4 Å². The van der Waals surface area contributed by atoms with Gasteiger partial charge in [-0.3, -0.25) is 14.4 Å². The van der Waals surface area contributed by atoms with Gasteiger partial charge < -0.3 is 14.2 Å². The molecule has 0 aromatic heterocycles. The standard InChI is InChI=1S/C45H76O6/c1-4-7-10-13-16-19-20-21-22-23-24-27-29-32-35-38-44(47)50-41-42(51-45(48)39-36-33-30-26-18-15-12-9-6-3)40-49-43(46)37-34-31-28-25-17-14-11-8-5-2/h7-12,16,19,21-22,42H,4-6,13-15,17-18,20,23-41H2,1-3H3. The lowest BCUT2D eigenvalue weighted by atomic mass is 10.1. The zero-order valence-electron chi connectivity index (χ0n) is 33.1. The Bertz CT molecular complexity index is 960. The van der Waals surface area contributed by atoms with E-state index in [0.717, 1.165) is 135 Å². The molecule has 0 bridgehead atoms. The van der Waals surface area contributed by atoms with Gasteiger partial charge in [0, 0.05) is 19.3 Å². The van der Waals surface area contributed by atoms with E-state index in [1.54, 1.807) is 0 Å². The van der Waals surface area contributed by atoms with E-state index in [1.807, 2.05) is 0 Å². The highest BCUT2D eigenvalue weighted by Gasteiger charge is 2.19. The molecule has 6 heteroatoms. The van der Waals surface area contributed by atoms with Crippen LogP contribution in [0.1, 0.15) is 188 Å². The summed E-state index contributed by atoms with van der Waals surface area (Å²) in [4.78, 5) is 37.5. The van der Waals surface area contributed by atoms with E-state index in [0.29, 0.717) is 19.3 Å². The van der Waals surface area contributed by atoms with Crippen molar-refractivity contribution in [3.8, 4) is 0 Å². The van der Waals surface area contributed by atoms with Gasteiger partial charge >= 0.3 is 17.9 Å².